The molecule has 1 aromatic rings. The molecule has 0 saturated heterocycles. The fraction of sp³-hybridized carbons (Fsp3) is 0.182. The Kier molecular flexibility index (Phi) is 3.43. The van der Waals surface area contributed by atoms with Crippen molar-refractivity contribution in [1.82, 2.24) is 4.98 Å². The van der Waals surface area contributed by atoms with E-state index < -0.39 is 5.97 Å². The smallest absolute Gasteiger partial charge is 0.354 e. The van der Waals surface area contributed by atoms with Crippen LogP contribution in [0.25, 0.3) is 0 Å². The van der Waals surface area contributed by atoms with Crippen molar-refractivity contribution in [2.45, 2.75) is 13.3 Å². The number of aryl methyl sites for hydroxylation is 1. The van der Waals surface area contributed by atoms with Crippen molar-refractivity contribution in [2.24, 2.45) is 0 Å². The van der Waals surface area contributed by atoms with E-state index in [1.807, 2.05) is 6.07 Å². The lowest BCUT2D eigenvalue weighted by Crippen LogP contribution is -2.03. The third kappa shape index (κ3) is 2.82. The second-order valence-electron chi connectivity index (χ2n) is 2.83. The number of nitrogens with zero attached hydrogens (tertiary/aromatic N) is 2. The summed E-state index contributed by atoms with van der Waals surface area (Å²) < 4.78 is 0. The minimum absolute atomic E-state index is 0.0285. The van der Waals surface area contributed by atoms with Gasteiger partial charge >= 0.3 is 5.97 Å². The molecule has 0 fully saturated rings. The summed E-state index contributed by atoms with van der Waals surface area (Å²) in [6, 6.07) is 3.53. The van der Waals surface area contributed by atoms with E-state index in [0.717, 1.165) is 0 Å². The van der Waals surface area contributed by atoms with Crippen molar-refractivity contribution < 1.29 is 9.90 Å². The Morgan fingerprint density at radius 2 is 2.40 bits per heavy atom. The average Bonchev–Trinajstić information content (AvgIpc) is 2.17. The maximum atomic E-state index is 10.7. The summed E-state index contributed by atoms with van der Waals surface area (Å²) in [5.41, 5.74) is 1.21. The highest BCUT2D eigenvalue weighted by atomic mass is 16.4. The molecular weight excluding hydrogens is 192 g/mol. The van der Waals surface area contributed by atoms with Crippen LogP contribution >= 0.6 is 0 Å². The van der Waals surface area contributed by atoms with Gasteiger partial charge in [-0.3, -0.25) is 0 Å². The van der Waals surface area contributed by atoms with Gasteiger partial charge in [-0.2, -0.15) is 5.26 Å². The second-order valence-corrected chi connectivity index (χ2v) is 2.83. The number of hydrogen-bond acceptors (Lipinski definition) is 3. The van der Waals surface area contributed by atoms with Crippen molar-refractivity contribution in [2.75, 3.05) is 0 Å². The van der Waals surface area contributed by atoms with Gasteiger partial charge in [0.15, 0.2) is 5.69 Å². The Morgan fingerprint density at radius 3 is 2.93 bits per heavy atom. The zero-order valence-electron chi connectivity index (χ0n) is 8.11. The predicted octanol–water partition coefficient (Wildman–Crippen LogP) is 1.35. The molecule has 1 N–H and O–H groups in total. The van der Waals surface area contributed by atoms with Gasteiger partial charge in [-0.05, 0) is 18.6 Å². The Bertz CT molecular complexity index is 490. The molecule has 4 heteroatoms. The topological polar surface area (TPSA) is 74.0 Å². The number of carbonyl (C=O) groups is 1. The minimum atomic E-state index is -1.05. The van der Waals surface area contributed by atoms with E-state index in [1.165, 1.54) is 6.20 Å². The van der Waals surface area contributed by atoms with Crippen LogP contribution in [0.1, 0.15) is 28.0 Å². The zero-order chi connectivity index (χ0) is 11.3. The monoisotopic (exact) mass is 200 g/mol. The van der Waals surface area contributed by atoms with Crippen LogP contribution in [-0.4, -0.2) is 16.1 Å². The molecule has 0 radical (unpaired) electrons. The molecule has 0 spiro atoms. The molecule has 1 aromatic heterocycles. The van der Waals surface area contributed by atoms with Crippen LogP contribution in [0.3, 0.4) is 0 Å². The van der Waals surface area contributed by atoms with Gasteiger partial charge in [0, 0.05) is 11.8 Å². The first-order chi connectivity index (χ1) is 7.15. The molecule has 74 valence electrons. The first-order valence-electron chi connectivity index (χ1n) is 4.21. The molecule has 0 saturated carbocycles. The molecule has 4 nitrogen and oxygen atoms in total. The summed E-state index contributed by atoms with van der Waals surface area (Å²) in [6.45, 7) is 1.66. The lowest BCUT2D eigenvalue weighted by molar-refractivity contribution is 0.0689. The molecule has 15 heavy (non-hydrogen) atoms. The second kappa shape index (κ2) is 4.78. The van der Waals surface area contributed by atoms with Crippen LogP contribution in [0.4, 0.5) is 0 Å². The number of nitriles is 1. The van der Waals surface area contributed by atoms with Gasteiger partial charge in [-0.1, -0.05) is 11.8 Å². The van der Waals surface area contributed by atoms with E-state index >= 15 is 0 Å². The molecular formula is C11H8N2O2. The molecule has 0 unspecified atom stereocenters. The van der Waals surface area contributed by atoms with E-state index in [0.29, 0.717) is 11.1 Å². The Morgan fingerprint density at radius 1 is 1.67 bits per heavy atom. The van der Waals surface area contributed by atoms with Crippen LogP contribution < -0.4 is 0 Å². The first-order valence-corrected chi connectivity index (χ1v) is 4.21. The minimum Gasteiger partial charge on any atom is -0.477 e. The maximum absolute atomic E-state index is 10.7. The summed E-state index contributed by atoms with van der Waals surface area (Å²) in [6.07, 6.45) is 1.54. The van der Waals surface area contributed by atoms with Crippen LogP contribution in [-0.2, 0) is 0 Å². The molecule has 0 aliphatic rings. The molecule has 0 aromatic carbocycles. The molecule has 0 amide bonds. The summed E-state index contributed by atoms with van der Waals surface area (Å²) in [7, 11) is 0. The van der Waals surface area contributed by atoms with Gasteiger partial charge in [0.25, 0.3) is 0 Å². The number of hydrogen-bond donors (Lipinski definition) is 1. The van der Waals surface area contributed by atoms with E-state index in [4.69, 9.17) is 10.4 Å². The van der Waals surface area contributed by atoms with Crippen molar-refractivity contribution in [3.05, 3.63) is 29.1 Å². The Balaban J connectivity index is 2.99. The van der Waals surface area contributed by atoms with Crippen LogP contribution in [0, 0.1) is 30.1 Å². The fourth-order valence-corrected chi connectivity index (χ4v) is 1.05. The number of carboxylic acids is 1. The summed E-state index contributed by atoms with van der Waals surface area (Å²) in [4.78, 5) is 14.4. The average molecular weight is 200 g/mol. The summed E-state index contributed by atoms with van der Waals surface area (Å²) in [5, 5.41) is 17.0. The molecule has 0 bridgehead atoms. The quantitative estimate of drug-likeness (QED) is 0.694. The van der Waals surface area contributed by atoms with Gasteiger partial charge in [0.2, 0.25) is 0 Å². The number of pyridine rings is 1. The third-order valence-corrected chi connectivity index (χ3v) is 1.68. The molecule has 0 atom stereocenters. The standard InChI is InChI=1S/C11H8N2O2/c1-8-6-9(4-2-3-5-12)7-13-10(8)11(14)15/h6-7H,3H2,1H3,(H,14,15). The van der Waals surface area contributed by atoms with Crippen LogP contribution in [0.15, 0.2) is 12.3 Å². The van der Waals surface area contributed by atoms with E-state index in [2.05, 4.69) is 16.8 Å². The number of aromatic carboxylic acids is 1. The molecule has 1 heterocycles. The largest absolute Gasteiger partial charge is 0.477 e. The Hall–Kier alpha value is -2.33. The highest BCUT2D eigenvalue weighted by molar-refractivity contribution is 5.87. The van der Waals surface area contributed by atoms with Crippen molar-refractivity contribution >= 4 is 5.97 Å². The van der Waals surface area contributed by atoms with Gasteiger partial charge in [-0.15, -0.1) is 0 Å². The third-order valence-electron chi connectivity index (χ3n) is 1.68. The van der Waals surface area contributed by atoms with E-state index in [1.54, 1.807) is 13.0 Å². The van der Waals surface area contributed by atoms with Crippen LogP contribution in [0.2, 0.25) is 0 Å². The van der Waals surface area contributed by atoms with Crippen molar-refractivity contribution in [3.63, 3.8) is 0 Å². The zero-order valence-corrected chi connectivity index (χ0v) is 8.11. The highest BCUT2D eigenvalue weighted by Crippen LogP contribution is 2.06. The predicted molar refractivity (Wildman–Crippen MR) is 53.0 cm³/mol. The lowest BCUT2D eigenvalue weighted by atomic mass is 10.1. The van der Waals surface area contributed by atoms with Gasteiger partial charge in [-0.25, -0.2) is 9.78 Å². The SMILES string of the molecule is Cc1cc(C#CCC#N)cnc1C(=O)O. The first kappa shape index (κ1) is 10.7. The molecule has 0 aliphatic carbocycles. The molecule has 0 aliphatic heterocycles. The summed E-state index contributed by atoms with van der Waals surface area (Å²) in [5.74, 6) is 4.30. The van der Waals surface area contributed by atoms with Crippen molar-refractivity contribution in [1.29, 1.82) is 5.26 Å². The van der Waals surface area contributed by atoms with E-state index in [9.17, 15) is 4.79 Å². The van der Waals surface area contributed by atoms with E-state index in [-0.39, 0.29) is 12.1 Å². The number of rotatable bonds is 1. The fourth-order valence-electron chi connectivity index (χ4n) is 1.05. The maximum Gasteiger partial charge on any atom is 0.354 e. The van der Waals surface area contributed by atoms with Gasteiger partial charge in [0.1, 0.15) is 0 Å². The Labute approximate surface area is 87.2 Å². The normalized spacial score (nSPS) is 8.53. The van der Waals surface area contributed by atoms with Gasteiger partial charge < -0.3 is 5.11 Å². The van der Waals surface area contributed by atoms with Crippen LogP contribution in [0.5, 0.6) is 0 Å². The molecule has 1 rings (SSSR count). The number of aromatic nitrogens is 1. The lowest BCUT2D eigenvalue weighted by Gasteiger charge is -1.98. The summed E-state index contributed by atoms with van der Waals surface area (Å²) >= 11 is 0. The highest BCUT2D eigenvalue weighted by Gasteiger charge is 2.07. The van der Waals surface area contributed by atoms with Gasteiger partial charge in [0.05, 0.1) is 12.5 Å². The number of carboxylic acid groups (broad SMARTS) is 1. The van der Waals surface area contributed by atoms with Crippen molar-refractivity contribution in [3.8, 4) is 17.9 Å².